The summed E-state index contributed by atoms with van der Waals surface area (Å²) in [5.74, 6) is -0.461. The van der Waals surface area contributed by atoms with Crippen LogP contribution in [0, 0.1) is 5.92 Å². The summed E-state index contributed by atoms with van der Waals surface area (Å²) in [5.41, 5.74) is 1.53. The van der Waals surface area contributed by atoms with Crippen LogP contribution >= 0.6 is 0 Å². The number of ether oxygens (including phenoxy) is 2. The van der Waals surface area contributed by atoms with Gasteiger partial charge >= 0.3 is 11.9 Å². The van der Waals surface area contributed by atoms with Crippen LogP contribution in [-0.2, 0) is 9.53 Å². The summed E-state index contributed by atoms with van der Waals surface area (Å²) in [5, 5.41) is 1.42. The van der Waals surface area contributed by atoms with Gasteiger partial charge in [0, 0.05) is 5.39 Å². The maximum absolute atomic E-state index is 12.5. The monoisotopic (exact) mass is 336 g/mol. The van der Waals surface area contributed by atoms with E-state index in [0.29, 0.717) is 22.1 Å². The Morgan fingerprint density at radius 2 is 1.84 bits per heavy atom. The highest BCUT2D eigenvalue weighted by molar-refractivity contribution is 6.06. The van der Waals surface area contributed by atoms with Crippen molar-refractivity contribution < 1.29 is 19.1 Å². The van der Waals surface area contributed by atoms with E-state index in [2.05, 4.69) is 0 Å². The molecule has 0 heterocycles. The van der Waals surface area contributed by atoms with Gasteiger partial charge in [0.05, 0.1) is 11.5 Å². The van der Waals surface area contributed by atoms with Crippen LogP contribution in [0.5, 0.6) is 5.75 Å². The molecule has 1 aliphatic rings. The summed E-state index contributed by atoms with van der Waals surface area (Å²) in [6, 6.07) is 10.6. The zero-order valence-electron chi connectivity index (χ0n) is 14.3. The maximum Gasteiger partial charge on any atom is 0.339 e. The highest BCUT2D eigenvalue weighted by Crippen LogP contribution is 2.29. The first-order valence-corrected chi connectivity index (χ1v) is 8.31. The van der Waals surface area contributed by atoms with E-state index >= 15 is 0 Å². The lowest BCUT2D eigenvalue weighted by Crippen LogP contribution is -2.15. The van der Waals surface area contributed by atoms with Crippen LogP contribution in [0.2, 0.25) is 0 Å². The molecule has 25 heavy (non-hydrogen) atoms. The number of carbonyl (C=O) groups excluding carboxylic acids is 2. The summed E-state index contributed by atoms with van der Waals surface area (Å²) >= 11 is 0. The SMILES string of the molecule is CC(C)C(=O)Oc1cccc2c(C(=O)OCC3=CC=CC3)cccc12. The van der Waals surface area contributed by atoms with Crippen LogP contribution in [0.3, 0.4) is 0 Å². The molecule has 0 saturated heterocycles. The minimum Gasteiger partial charge on any atom is -0.458 e. The molecule has 0 N–H and O–H groups in total. The Labute approximate surface area is 146 Å². The van der Waals surface area contributed by atoms with E-state index < -0.39 is 0 Å². The molecule has 4 heteroatoms. The van der Waals surface area contributed by atoms with Gasteiger partial charge in [-0.05, 0) is 29.5 Å². The Morgan fingerprint density at radius 3 is 2.56 bits per heavy atom. The third-order valence-electron chi connectivity index (χ3n) is 4.02. The predicted octanol–water partition coefficient (Wildman–Crippen LogP) is 4.44. The minimum atomic E-state index is -0.384. The third-order valence-corrected chi connectivity index (χ3v) is 4.02. The molecule has 0 radical (unpaired) electrons. The van der Waals surface area contributed by atoms with Gasteiger partial charge in [-0.2, -0.15) is 0 Å². The summed E-state index contributed by atoms with van der Waals surface area (Å²) in [4.78, 5) is 24.4. The normalized spacial score (nSPS) is 13.2. The first kappa shape index (κ1) is 17.0. The zero-order valence-corrected chi connectivity index (χ0v) is 14.3. The Balaban J connectivity index is 1.86. The van der Waals surface area contributed by atoms with Crippen molar-refractivity contribution in [3.63, 3.8) is 0 Å². The lowest BCUT2D eigenvalue weighted by molar-refractivity contribution is -0.137. The molecule has 0 aromatic heterocycles. The molecule has 0 bridgehead atoms. The molecule has 3 rings (SSSR count). The van der Waals surface area contributed by atoms with E-state index in [0.717, 1.165) is 12.0 Å². The summed E-state index contributed by atoms with van der Waals surface area (Å²) in [6.07, 6.45) is 6.75. The predicted molar refractivity (Wildman–Crippen MR) is 96.5 cm³/mol. The van der Waals surface area contributed by atoms with Crippen molar-refractivity contribution in [3.05, 3.63) is 65.8 Å². The number of fused-ring (bicyclic) bond motifs is 1. The van der Waals surface area contributed by atoms with Gasteiger partial charge in [-0.15, -0.1) is 0 Å². The van der Waals surface area contributed by atoms with Crippen LogP contribution in [0.25, 0.3) is 10.8 Å². The van der Waals surface area contributed by atoms with Crippen LogP contribution in [0.15, 0.2) is 60.2 Å². The molecule has 0 fully saturated rings. The molecular weight excluding hydrogens is 316 g/mol. The van der Waals surface area contributed by atoms with Crippen molar-refractivity contribution in [2.24, 2.45) is 5.92 Å². The van der Waals surface area contributed by atoms with Crippen LogP contribution < -0.4 is 4.74 Å². The number of carbonyl (C=O) groups is 2. The highest BCUT2D eigenvalue weighted by Gasteiger charge is 2.16. The number of hydrogen-bond donors (Lipinski definition) is 0. The van der Waals surface area contributed by atoms with E-state index in [-0.39, 0.29) is 24.5 Å². The largest absolute Gasteiger partial charge is 0.458 e. The van der Waals surface area contributed by atoms with Gasteiger partial charge in [-0.3, -0.25) is 4.79 Å². The highest BCUT2D eigenvalue weighted by atomic mass is 16.5. The van der Waals surface area contributed by atoms with E-state index in [9.17, 15) is 9.59 Å². The molecule has 0 saturated carbocycles. The van der Waals surface area contributed by atoms with Gasteiger partial charge in [-0.25, -0.2) is 4.79 Å². The topological polar surface area (TPSA) is 52.6 Å². The number of allylic oxidation sites excluding steroid dienone is 3. The second-order valence-corrected chi connectivity index (χ2v) is 6.27. The number of benzene rings is 2. The maximum atomic E-state index is 12.5. The van der Waals surface area contributed by atoms with Crippen molar-refractivity contribution >= 4 is 22.7 Å². The molecule has 1 aliphatic carbocycles. The van der Waals surface area contributed by atoms with Crippen molar-refractivity contribution in [2.75, 3.05) is 6.61 Å². The van der Waals surface area contributed by atoms with Crippen LogP contribution in [0.4, 0.5) is 0 Å². The number of rotatable bonds is 5. The Morgan fingerprint density at radius 1 is 1.08 bits per heavy atom. The molecule has 2 aromatic carbocycles. The molecule has 0 atom stereocenters. The third kappa shape index (κ3) is 3.79. The molecular formula is C21H20O4. The second kappa shape index (κ2) is 7.34. The first-order valence-electron chi connectivity index (χ1n) is 8.31. The standard InChI is InChI=1S/C21H20O4/c1-14(2)20(22)25-19-12-6-9-16-17(19)10-5-11-18(16)21(23)24-13-15-7-3-4-8-15/h3-7,9-12,14H,8,13H2,1-2H3. The van der Waals surface area contributed by atoms with Gasteiger partial charge in [0.25, 0.3) is 0 Å². The fourth-order valence-corrected chi connectivity index (χ4v) is 2.61. The molecule has 128 valence electrons. The fourth-order valence-electron chi connectivity index (χ4n) is 2.61. The Bertz CT molecular complexity index is 875. The van der Waals surface area contributed by atoms with Gasteiger partial charge in [0.2, 0.25) is 0 Å². The van der Waals surface area contributed by atoms with E-state index in [1.165, 1.54) is 0 Å². The first-order chi connectivity index (χ1) is 12.1. The van der Waals surface area contributed by atoms with Gasteiger partial charge in [0.15, 0.2) is 0 Å². The van der Waals surface area contributed by atoms with Crippen molar-refractivity contribution in [3.8, 4) is 5.75 Å². The quantitative estimate of drug-likeness (QED) is 0.598. The second-order valence-electron chi connectivity index (χ2n) is 6.27. The van der Waals surface area contributed by atoms with Gasteiger partial charge in [-0.1, -0.05) is 56.3 Å². The molecule has 0 spiro atoms. The van der Waals surface area contributed by atoms with Crippen molar-refractivity contribution in [2.45, 2.75) is 20.3 Å². The van der Waals surface area contributed by atoms with Crippen molar-refractivity contribution in [1.82, 2.24) is 0 Å². The number of esters is 2. The molecule has 4 nitrogen and oxygen atoms in total. The average molecular weight is 336 g/mol. The van der Waals surface area contributed by atoms with E-state index in [1.54, 1.807) is 38.1 Å². The Kier molecular flexibility index (Phi) is 4.98. The summed E-state index contributed by atoms with van der Waals surface area (Å²) in [6.45, 7) is 3.84. The van der Waals surface area contributed by atoms with E-state index in [4.69, 9.17) is 9.47 Å². The minimum absolute atomic E-state index is 0.225. The zero-order chi connectivity index (χ0) is 17.8. The molecule has 2 aromatic rings. The molecule has 0 unspecified atom stereocenters. The summed E-state index contributed by atoms with van der Waals surface area (Å²) in [7, 11) is 0. The fraction of sp³-hybridized carbons (Fsp3) is 0.238. The van der Waals surface area contributed by atoms with E-state index in [1.807, 2.05) is 30.4 Å². The van der Waals surface area contributed by atoms with Gasteiger partial charge < -0.3 is 9.47 Å². The lowest BCUT2D eigenvalue weighted by Gasteiger charge is -2.12. The molecule has 0 amide bonds. The average Bonchev–Trinajstić information content (AvgIpc) is 3.13. The van der Waals surface area contributed by atoms with Crippen LogP contribution in [-0.4, -0.2) is 18.5 Å². The number of hydrogen-bond acceptors (Lipinski definition) is 4. The van der Waals surface area contributed by atoms with Gasteiger partial charge in [0.1, 0.15) is 12.4 Å². The van der Waals surface area contributed by atoms with Crippen LogP contribution in [0.1, 0.15) is 30.6 Å². The summed E-state index contributed by atoms with van der Waals surface area (Å²) < 4.78 is 10.9. The van der Waals surface area contributed by atoms with Crippen molar-refractivity contribution in [1.29, 1.82) is 0 Å². The molecule has 0 aliphatic heterocycles. The smallest absolute Gasteiger partial charge is 0.339 e. The lowest BCUT2D eigenvalue weighted by atomic mass is 10.0. The Hall–Kier alpha value is -2.88.